The Morgan fingerprint density at radius 2 is 1.89 bits per heavy atom. The Balaban J connectivity index is 1.57. The summed E-state index contributed by atoms with van der Waals surface area (Å²) in [7, 11) is 0. The molecule has 2 aromatic carbocycles. The van der Waals surface area contributed by atoms with Gasteiger partial charge in [0.15, 0.2) is 0 Å². The standard InChI is InChI=1S/C22H25FN2O2/c23-14-4-5-20(26)19(11-14)25-18-10-13-9-17-15-3-1-2-6-22(15,7-8-24-17)16(13)12-21(18)27/h4-5,10-12,15,17,24-27H,1-3,6-9H2/t15-,17+,22+/m0/s1. The summed E-state index contributed by atoms with van der Waals surface area (Å²) >= 11 is 0. The fourth-order valence-corrected chi connectivity index (χ4v) is 5.83. The largest absolute Gasteiger partial charge is 0.506 e. The van der Waals surface area contributed by atoms with Crippen LogP contribution in [0.3, 0.4) is 0 Å². The first-order valence-corrected chi connectivity index (χ1v) is 9.92. The second-order valence-electron chi connectivity index (χ2n) is 8.34. The van der Waals surface area contributed by atoms with Crippen molar-refractivity contribution in [3.8, 4) is 11.5 Å². The first kappa shape index (κ1) is 16.9. The molecule has 2 aromatic rings. The summed E-state index contributed by atoms with van der Waals surface area (Å²) in [5.74, 6) is 0.333. The van der Waals surface area contributed by atoms with Crippen molar-refractivity contribution in [3.05, 3.63) is 47.3 Å². The molecule has 4 N–H and O–H groups in total. The van der Waals surface area contributed by atoms with E-state index in [2.05, 4.69) is 10.6 Å². The van der Waals surface area contributed by atoms with Gasteiger partial charge >= 0.3 is 0 Å². The third-order valence-electron chi connectivity index (χ3n) is 6.99. The molecular weight excluding hydrogens is 343 g/mol. The van der Waals surface area contributed by atoms with Crippen molar-refractivity contribution in [1.82, 2.24) is 5.32 Å². The predicted molar refractivity (Wildman–Crippen MR) is 103 cm³/mol. The molecule has 2 fully saturated rings. The lowest BCUT2D eigenvalue weighted by Gasteiger charge is -2.56. The lowest BCUT2D eigenvalue weighted by atomic mass is 9.53. The van der Waals surface area contributed by atoms with E-state index in [0.717, 1.165) is 19.4 Å². The minimum Gasteiger partial charge on any atom is -0.506 e. The maximum Gasteiger partial charge on any atom is 0.139 e. The SMILES string of the molecule is Oc1ccc(F)cc1Nc1cc2c(cc1O)[C@@]13CCCC[C@H]1[C@@H](C2)NCC3. The van der Waals surface area contributed by atoms with Gasteiger partial charge in [0.1, 0.15) is 17.3 Å². The van der Waals surface area contributed by atoms with Gasteiger partial charge in [-0.15, -0.1) is 0 Å². The number of nitrogens with one attached hydrogen (secondary N) is 2. The summed E-state index contributed by atoms with van der Waals surface area (Å²) in [5.41, 5.74) is 3.50. The number of benzene rings is 2. The highest BCUT2D eigenvalue weighted by atomic mass is 19.1. The van der Waals surface area contributed by atoms with Crippen LogP contribution in [0.5, 0.6) is 11.5 Å². The van der Waals surface area contributed by atoms with Crippen molar-refractivity contribution in [2.45, 2.75) is 50.0 Å². The van der Waals surface area contributed by atoms with Gasteiger partial charge in [-0.25, -0.2) is 4.39 Å². The van der Waals surface area contributed by atoms with E-state index in [1.165, 1.54) is 55.0 Å². The van der Waals surface area contributed by atoms with Crippen molar-refractivity contribution in [3.63, 3.8) is 0 Å². The maximum atomic E-state index is 13.5. The fraction of sp³-hybridized carbons (Fsp3) is 0.455. The Bertz CT molecular complexity index is 896. The second kappa shape index (κ2) is 6.13. The lowest BCUT2D eigenvalue weighted by Crippen LogP contribution is -2.59. The van der Waals surface area contributed by atoms with Crippen LogP contribution in [0.25, 0.3) is 0 Å². The topological polar surface area (TPSA) is 64.5 Å². The number of phenolic OH excluding ortho intramolecular Hbond substituents is 2. The number of rotatable bonds is 2. The Morgan fingerprint density at radius 1 is 1.04 bits per heavy atom. The molecule has 0 amide bonds. The van der Waals surface area contributed by atoms with Crippen LogP contribution >= 0.6 is 0 Å². The van der Waals surface area contributed by atoms with Crippen LogP contribution in [0.15, 0.2) is 30.3 Å². The summed E-state index contributed by atoms with van der Waals surface area (Å²) in [4.78, 5) is 0. The smallest absolute Gasteiger partial charge is 0.139 e. The number of piperidine rings is 1. The van der Waals surface area contributed by atoms with Gasteiger partial charge in [0.25, 0.3) is 0 Å². The number of anilines is 2. The van der Waals surface area contributed by atoms with Crippen LogP contribution in [0, 0.1) is 11.7 Å². The third-order valence-corrected chi connectivity index (χ3v) is 6.99. The van der Waals surface area contributed by atoms with E-state index in [4.69, 9.17) is 0 Å². The van der Waals surface area contributed by atoms with Gasteiger partial charge in [0.2, 0.25) is 0 Å². The van der Waals surface area contributed by atoms with Gasteiger partial charge in [0.05, 0.1) is 11.4 Å². The Morgan fingerprint density at radius 3 is 2.78 bits per heavy atom. The third kappa shape index (κ3) is 2.59. The van der Waals surface area contributed by atoms with Crippen LogP contribution in [0.4, 0.5) is 15.8 Å². The Hall–Kier alpha value is -2.27. The molecule has 4 nitrogen and oxygen atoms in total. The van der Waals surface area contributed by atoms with Crippen LogP contribution in [0.2, 0.25) is 0 Å². The van der Waals surface area contributed by atoms with Crippen molar-refractivity contribution in [2.24, 2.45) is 5.92 Å². The molecule has 3 aliphatic rings. The second-order valence-corrected chi connectivity index (χ2v) is 8.34. The van der Waals surface area contributed by atoms with E-state index in [-0.39, 0.29) is 22.6 Å². The highest BCUT2D eigenvalue weighted by molar-refractivity contribution is 5.72. The maximum absolute atomic E-state index is 13.5. The minimum atomic E-state index is -0.435. The molecule has 5 heteroatoms. The molecule has 1 saturated carbocycles. The molecule has 0 aromatic heterocycles. The summed E-state index contributed by atoms with van der Waals surface area (Å²) in [6, 6.07) is 8.16. The van der Waals surface area contributed by atoms with Crippen LogP contribution < -0.4 is 10.6 Å². The minimum absolute atomic E-state index is 0.0435. The molecule has 0 radical (unpaired) electrons. The molecule has 5 rings (SSSR count). The van der Waals surface area contributed by atoms with Crippen molar-refractivity contribution < 1.29 is 14.6 Å². The van der Waals surface area contributed by atoms with Gasteiger partial charge in [-0.2, -0.15) is 0 Å². The normalized spacial score (nSPS) is 28.9. The monoisotopic (exact) mass is 368 g/mol. The number of hydrogen-bond acceptors (Lipinski definition) is 4. The van der Waals surface area contributed by atoms with Gasteiger partial charge in [0, 0.05) is 17.5 Å². The van der Waals surface area contributed by atoms with Crippen LogP contribution in [-0.4, -0.2) is 22.8 Å². The quantitative estimate of drug-likeness (QED) is 0.596. The zero-order valence-electron chi connectivity index (χ0n) is 15.3. The molecule has 2 aliphatic carbocycles. The van der Waals surface area contributed by atoms with Crippen molar-refractivity contribution in [2.75, 3.05) is 11.9 Å². The molecule has 0 spiro atoms. The first-order chi connectivity index (χ1) is 13.1. The predicted octanol–water partition coefficient (Wildman–Crippen LogP) is 4.33. The molecule has 1 saturated heterocycles. The molecule has 3 atom stereocenters. The fourth-order valence-electron chi connectivity index (χ4n) is 5.83. The molecular formula is C22H25FN2O2. The number of phenols is 2. The summed E-state index contributed by atoms with van der Waals surface area (Å²) in [6.07, 6.45) is 7.07. The molecule has 2 bridgehead atoms. The average Bonchev–Trinajstić information content (AvgIpc) is 2.66. The van der Waals surface area contributed by atoms with E-state index in [1.54, 1.807) is 0 Å². The average molecular weight is 368 g/mol. The van der Waals surface area contributed by atoms with Crippen molar-refractivity contribution >= 4 is 11.4 Å². The Labute approximate surface area is 158 Å². The summed E-state index contributed by atoms with van der Waals surface area (Å²) in [6.45, 7) is 1.04. The van der Waals surface area contributed by atoms with Gasteiger partial charge < -0.3 is 20.8 Å². The zero-order chi connectivity index (χ0) is 18.6. The number of aromatic hydroxyl groups is 2. The lowest BCUT2D eigenvalue weighted by molar-refractivity contribution is 0.0796. The van der Waals surface area contributed by atoms with Crippen LogP contribution in [0.1, 0.15) is 43.2 Å². The van der Waals surface area contributed by atoms with E-state index < -0.39 is 5.82 Å². The summed E-state index contributed by atoms with van der Waals surface area (Å²) in [5, 5.41) is 27.4. The first-order valence-electron chi connectivity index (χ1n) is 9.92. The molecule has 1 heterocycles. The summed E-state index contributed by atoms with van der Waals surface area (Å²) < 4.78 is 13.5. The molecule has 27 heavy (non-hydrogen) atoms. The van der Waals surface area contributed by atoms with Gasteiger partial charge in [-0.05, 0) is 73.5 Å². The number of fused-ring (bicyclic) bond motifs is 1. The van der Waals surface area contributed by atoms with Crippen LogP contribution in [-0.2, 0) is 11.8 Å². The van der Waals surface area contributed by atoms with E-state index in [9.17, 15) is 14.6 Å². The highest BCUT2D eigenvalue weighted by Gasteiger charge is 2.51. The van der Waals surface area contributed by atoms with E-state index in [0.29, 0.717) is 17.6 Å². The zero-order valence-corrected chi connectivity index (χ0v) is 15.3. The number of halogens is 1. The highest BCUT2D eigenvalue weighted by Crippen LogP contribution is 2.55. The number of hydrogen-bond donors (Lipinski definition) is 4. The molecule has 142 valence electrons. The molecule has 1 aliphatic heterocycles. The van der Waals surface area contributed by atoms with Crippen molar-refractivity contribution in [1.29, 1.82) is 0 Å². The Kier molecular flexibility index (Phi) is 3.83. The van der Waals surface area contributed by atoms with Gasteiger partial charge in [-0.1, -0.05) is 12.8 Å². The van der Waals surface area contributed by atoms with E-state index >= 15 is 0 Å². The van der Waals surface area contributed by atoms with Gasteiger partial charge in [-0.3, -0.25) is 0 Å². The van der Waals surface area contributed by atoms with E-state index in [1.807, 2.05) is 12.1 Å². The molecule has 0 unspecified atom stereocenters.